The van der Waals surface area contributed by atoms with Crippen LogP contribution in [0.2, 0.25) is 0 Å². The molecule has 3 atom stereocenters. The molecule has 1 fully saturated rings. The summed E-state index contributed by atoms with van der Waals surface area (Å²) in [6, 6.07) is 7.61. The first-order valence-corrected chi connectivity index (χ1v) is 12.6. The molecule has 1 aromatic carbocycles. The van der Waals surface area contributed by atoms with Crippen LogP contribution in [-0.2, 0) is 22.8 Å². The monoisotopic (exact) mass is 523 g/mol. The summed E-state index contributed by atoms with van der Waals surface area (Å²) in [6.07, 6.45) is 0.920. The number of rotatable bonds is 7. The van der Waals surface area contributed by atoms with Gasteiger partial charge >= 0.3 is 0 Å². The molecule has 10 nitrogen and oxygen atoms in total. The fourth-order valence-electron chi connectivity index (χ4n) is 5.23. The molecule has 3 aromatic rings. The van der Waals surface area contributed by atoms with Gasteiger partial charge in [-0.2, -0.15) is 4.98 Å². The molecule has 2 amide bonds. The Morgan fingerprint density at radius 2 is 1.97 bits per heavy atom. The third-order valence-electron chi connectivity index (χ3n) is 7.10. The van der Waals surface area contributed by atoms with Crippen molar-refractivity contribution in [2.24, 2.45) is 0 Å². The number of Topliss-reactive ketones (excluding diaryl/α,β-unsaturated/α-hetero) is 1. The second-order valence-electron chi connectivity index (χ2n) is 9.70. The van der Waals surface area contributed by atoms with Crippen LogP contribution in [0.4, 0.5) is 4.39 Å². The van der Waals surface area contributed by atoms with Crippen molar-refractivity contribution in [2.45, 2.75) is 52.4 Å². The van der Waals surface area contributed by atoms with Crippen molar-refractivity contribution >= 4 is 28.6 Å². The van der Waals surface area contributed by atoms with E-state index in [1.54, 1.807) is 34.6 Å². The van der Waals surface area contributed by atoms with Gasteiger partial charge in [0, 0.05) is 44.4 Å². The van der Waals surface area contributed by atoms with Crippen LogP contribution < -0.4 is 10.1 Å². The number of fused-ring (bicyclic) bond motifs is 3. The van der Waals surface area contributed by atoms with Crippen molar-refractivity contribution in [3.8, 4) is 5.88 Å². The van der Waals surface area contributed by atoms with Gasteiger partial charge in [0.1, 0.15) is 23.8 Å². The number of nitrogens with one attached hydrogen (secondary N) is 1. The molecule has 2 aliphatic heterocycles. The highest BCUT2D eigenvalue weighted by atomic mass is 19.1. The number of halogens is 1. The maximum atomic E-state index is 13.8. The predicted molar refractivity (Wildman–Crippen MR) is 136 cm³/mol. The highest BCUT2D eigenvalue weighted by Gasteiger charge is 2.46. The minimum atomic E-state index is -0.732. The summed E-state index contributed by atoms with van der Waals surface area (Å²) in [7, 11) is 1.51. The third kappa shape index (κ3) is 4.41. The van der Waals surface area contributed by atoms with E-state index >= 15 is 0 Å². The van der Waals surface area contributed by atoms with Gasteiger partial charge in [-0.15, -0.1) is 0 Å². The van der Waals surface area contributed by atoms with E-state index in [9.17, 15) is 18.8 Å². The minimum absolute atomic E-state index is 0.0906. The number of hydrogen-bond donors (Lipinski definition) is 1. The van der Waals surface area contributed by atoms with Crippen LogP contribution in [0.3, 0.4) is 0 Å². The zero-order valence-electron chi connectivity index (χ0n) is 21.7. The van der Waals surface area contributed by atoms with Crippen LogP contribution >= 0.6 is 0 Å². The van der Waals surface area contributed by atoms with E-state index < -0.39 is 17.9 Å². The van der Waals surface area contributed by atoms with Crippen LogP contribution in [0.5, 0.6) is 5.88 Å². The van der Waals surface area contributed by atoms with Gasteiger partial charge in [0.2, 0.25) is 5.88 Å². The fraction of sp³-hybridized carbons (Fsp3) is 0.407. The lowest BCUT2D eigenvalue weighted by atomic mass is 10.0. The van der Waals surface area contributed by atoms with Gasteiger partial charge in [0.25, 0.3) is 17.6 Å². The lowest BCUT2D eigenvalue weighted by molar-refractivity contribution is -0.116. The Bertz CT molecular complexity index is 1410. The van der Waals surface area contributed by atoms with E-state index in [4.69, 9.17) is 9.47 Å². The van der Waals surface area contributed by atoms with E-state index in [0.717, 1.165) is 5.56 Å². The zero-order chi connectivity index (χ0) is 27.1. The topological polar surface area (TPSA) is 106 Å². The molecule has 2 aliphatic rings. The van der Waals surface area contributed by atoms with Crippen LogP contribution in [0, 0.1) is 5.82 Å². The summed E-state index contributed by atoms with van der Waals surface area (Å²) < 4.78 is 26.6. The van der Waals surface area contributed by atoms with Gasteiger partial charge in [0.05, 0.1) is 11.6 Å². The van der Waals surface area contributed by atoms with Gasteiger partial charge in [-0.3, -0.25) is 24.2 Å². The smallest absolute Gasteiger partial charge is 0.292 e. The maximum absolute atomic E-state index is 13.8. The number of likely N-dealkylation sites (N-methyl/N-ethyl adjacent to an activating group) is 1. The number of carbonyl (C=O) groups excluding carboxylic acids is 3. The summed E-state index contributed by atoms with van der Waals surface area (Å²) in [5.74, 6) is -1.82. The number of benzene rings is 1. The lowest BCUT2D eigenvalue weighted by Gasteiger charge is -2.50. The van der Waals surface area contributed by atoms with Crippen molar-refractivity contribution in [1.82, 2.24) is 24.7 Å². The number of amides is 2. The second kappa shape index (κ2) is 10.1. The number of aromatic nitrogens is 2. The average molecular weight is 524 g/mol. The van der Waals surface area contributed by atoms with E-state index in [1.807, 2.05) is 13.8 Å². The zero-order valence-corrected chi connectivity index (χ0v) is 21.7. The highest BCUT2D eigenvalue weighted by Crippen LogP contribution is 2.36. The fourth-order valence-corrected chi connectivity index (χ4v) is 5.23. The number of nitrogens with zero attached hydrogens (tertiary/aromatic N) is 4. The first kappa shape index (κ1) is 25.8. The number of carbonyl (C=O) groups is 3. The molecular weight excluding hydrogens is 493 g/mol. The first-order valence-electron chi connectivity index (χ1n) is 12.6. The summed E-state index contributed by atoms with van der Waals surface area (Å²) >= 11 is 0. The van der Waals surface area contributed by atoms with Crippen LogP contribution in [-0.4, -0.2) is 75.5 Å². The highest BCUT2D eigenvalue weighted by molar-refractivity contribution is 6.45. The van der Waals surface area contributed by atoms with Crippen LogP contribution in [0.25, 0.3) is 11.0 Å². The minimum Gasteiger partial charge on any atom is -0.451 e. The Morgan fingerprint density at radius 3 is 2.66 bits per heavy atom. The molecular formula is C27H30FN5O5. The SMILES string of the molecule is CCNC(=O)C(=O)c1cn(COC)c2nc3c(cc12)C(=O)N1C(O3)[C@H](C)N(Cc2ccc(F)cc2)C[C@H]1C. The molecule has 38 heavy (non-hydrogen) atoms. The van der Waals surface area contributed by atoms with Gasteiger partial charge in [-0.25, -0.2) is 4.39 Å². The molecule has 0 radical (unpaired) electrons. The number of piperazine rings is 1. The Labute approximate surface area is 219 Å². The van der Waals surface area contributed by atoms with Crippen molar-refractivity contribution in [2.75, 3.05) is 20.2 Å². The molecule has 0 bridgehead atoms. The number of hydrogen-bond acceptors (Lipinski definition) is 7. The molecule has 0 saturated carbocycles. The van der Waals surface area contributed by atoms with Crippen molar-refractivity contribution in [1.29, 1.82) is 0 Å². The Morgan fingerprint density at radius 1 is 1.24 bits per heavy atom. The number of ether oxygens (including phenoxy) is 2. The first-order chi connectivity index (χ1) is 18.2. The van der Waals surface area contributed by atoms with Crippen LogP contribution in [0.15, 0.2) is 36.5 Å². The summed E-state index contributed by atoms with van der Waals surface area (Å²) in [5, 5.41) is 2.90. The molecule has 1 saturated heterocycles. The molecule has 200 valence electrons. The maximum Gasteiger partial charge on any atom is 0.292 e. The van der Waals surface area contributed by atoms with E-state index in [-0.39, 0.29) is 47.5 Å². The van der Waals surface area contributed by atoms with Crippen LogP contribution in [0.1, 0.15) is 47.1 Å². The third-order valence-corrected chi connectivity index (χ3v) is 7.10. The molecule has 0 spiro atoms. The molecule has 1 N–H and O–H groups in total. The average Bonchev–Trinajstić information content (AvgIpc) is 3.24. The molecule has 5 rings (SSSR count). The molecule has 11 heteroatoms. The Balaban J connectivity index is 1.51. The second-order valence-corrected chi connectivity index (χ2v) is 9.70. The largest absolute Gasteiger partial charge is 0.451 e. The van der Waals surface area contributed by atoms with Gasteiger partial charge in [-0.1, -0.05) is 12.1 Å². The summed E-state index contributed by atoms with van der Waals surface area (Å²) in [4.78, 5) is 47.5. The van der Waals surface area contributed by atoms with Gasteiger partial charge in [-0.05, 0) is 44.5 Å². The van der Waals surface area contributed by atoms with E-state index in [2.05, 4.69) is 15.2 Å². The quantitative estimate of drug-likeness (QED) is 0.375. The number of ketones is 1. The summed E-state index contributed by atoms with van der Waals surface area (Å²) in [6.45, 7) is 7.24. The lowest BCUT2D eigenvalue weighted by Crippen LogP contribution is -2.66. The molecule has 2 aromatic heterocycles. The van der Waals surface area contributed by atoms with Crippen molar-refractivity contribution < 1.29 is 28.2 Å². The Hall–Kier alpha value is -3.83. The van der Waals surface area contributed by atoms with Gasteiger partial charge < -0.3 is 19.4 Å². The van der Waals surface area contributed by atoms with E-state index in [1.165, 1.54) is 25.4 Å². The molecule has 1 unspecified atom stereocenters. The summed E-state index contributed by atoms with van der Waals surface area (Å²) in [5.41, 5.74) is 1.71. The number of methoxy groups -OCH3 is 1. The Kier molecular flexibility index (Phi) is 6.89. The van der Waals surface area contributed by atoms with E-state index in [0.29, 0.717) is 30.7 Å². The predicted octanol–water partition coefficient (Wildman–Crippen LogP) is 2.55. The normalized spacial score (nSPS) is 21.1. The number of pyridine rings is 1. The van der Waals surface area contributed by atoms with Crippen molar-refractivity contribution in [3.63, 3.8) is 0 Å². The standard InChI is InChI=1S/C27H30FN5O5/c1-5-29-24(35)22(34)21-13-32(14-37-4)23-19(21)10-20-25(30-23)38-27-16(3)31(11-15(2)33(27)26(20)36)12-17-6-8-18(28)9-7-17/h6-10,13,15-16,27H,5,11-12,14H2,1-4H3,(H,29,35)/t15-,16+,27?/m1/s1. The molecule has 4 heterocycles. The molecule has 0 aliphatic carbocycles. The van der Waals surface area contributed by atoms with Crippen molar-refractivity contribution in [3.05, 3.63) is 59.0 Å². The van der Waals surface area contributed by atoms with Gasteiger partial charge in [0.15, 0.2) is 6.23 Å².